The van der Waals surface area contributed by atoms with Crippen LogP contribution in [-0.2, 0) is 6.54 Å². The summed E-state index contributed by atoms with van der Waals surface area (Å²) in [6.45, 7) is 2.73. The van der Waals surface area contributed by atoms with E-state index < -0.39 is 0 Å². The zero-order chi connectivity index (χ0) is 13.4. The molecule has 0 spiro atoms. The standard InChI is InChI=1S/C14H13ClN4/c1-9-4-2-3-5-10(9)8-19-13-12(18-14(19)16)6-11(15)7-17-13/h2-7H,8H2,1H3,(H2,16,18). The number of fused-ring (bicyclic) bond motifs is 1. The number of pyridine rings is 1. The number of hydrogen-bond donors (Lipinski definition) is 1. The van der Waals surface area contributed by atoms with Gasteiger partial charge in [0, 0.05) is 6.20 Å². The van der Waals surface area contributed by atoms with Crippen LogP contribution in [0.3, 0.4) is 0 Å². The lowest BCUT2D eigenvalue weighted by Gasteiger charge is -2.08. The highest BCUT2D eigenvalue weighted by molar-refractivity contribution is 6.31. The molecule has 3 rings (SSSR count). The minimum Gasteiger partial charge on any atom is -0.369 e. The predicted octanol–water partition coefficient (Wildman–Crippen LogP) is 3.02. The van der Waals surface area contributed by atoms with E-state index >= 15 is 0 Å². The average Bonchev–Trinajstić information content (AvgIpc) is 2.68. The highest BCUT2D eigenvalue weighted by atomic mass is 35.5. The van der Waals surface area contributed by atoms with Crippen molar-refractivity contribution in [2.24, 2.45) is 0 Å². The largest absolute Gasteiger partial charge is 0.369 e. The van der Waals surface area contributed by atoms with E-state index in [4.69, 9.17) is 17.3 Å². The molecular formula is C14H13ClN4. The van der Waals surface area contributed by atoms with Gasteiger partial charge in [-0.15, -0.1) is 0 Å². The lowest BCUT2D eigenvalue weighted by molar-refractivity contribution is 0.822. The number of aryl methyl sites for hydroxylation is 1. The molecule has 0 aliphatic carbocycles. The van der Waals surface area contributed by atoms with Gasteiger partial charge in [-0.1, -0.05) is 35.9 Å². The maximum atomic E-state index is 5.97. The third-order valence-corrected chi connectivity index (χ3v) is 3.38. The van der Waals surface area contributed by atoms with Crippen molar-refractivity contribution in [1.29, 1.82) is 0 Å². The van der Waals surface area contributed by atoms with Crippen LogP contribution in [0.1, 0.15) is 11.1 Å². The lowest BCUT2D eigenvalue weighted by Crippen LogP contribution is -2.06. The van der Waals surface area contributed by atoms with Crippen molar-refractivity contribution in [3.63, 3.8) is 0 Å². The Hall–Kier alpha value is -2.07. The van der Waals surface area contributed by atoms with Crippen molar-refractivity contribution in [1.82, 2.24) is 14.5 Å². The number of nitrogens with zero attached hydrogens (tertiary/aromatic N) is 3. The van der Waals surface area contributed by atoms with Gasteiger partial charge in [-0.2, -0.15) is 0 Å². The fraction of sp³-hybridized carbons (Fsp3) is 0.143. The van der Waals surface area contributed by atoms with E-state index in [-0.39, 0.29) is 0 Å². The molecule has 3 aromatic rings. The van der Waals surface area contributed by atoms with Gasteiger partial charge in [0.1, 0.15) is 5.52 Å². The Morgan fingerprint density at radius 1 is 1.32 bits per heavy atom. The molecule has 5 heteroatoms. The Balaban J connectivity index is 2.10. The monoisotopic (exact) mass is 272 g/mol. The van der Waals surface area contributed by atoms with Gasteiger partial charge in [-0.05, 0) is 24.1 Å². The van der Waals surface area contributed by atoms with Gasteiger partial charge in [0.05, 0.1) is 11.6 Å². The van der Waals surface area contributed by atoms with E-state index in [0.29, 0.717) is 17.5 Å². The Kier molecular flexibility index (Phi) is 2.87. The zero-order valence-corrected chi connectivity index (χ0v) is 11.2. The first-order valence-electron chi connectivity index (χ1n) is 5.97. The van der Waals surface area contributed by atoms with E-state index in [1.54, 1.807) is 12.3 Å². The second-order valence-corrected chi connectivity index (χ2v) is 4.92. The van der Waals surface area contributed by atoms with Crippen molar-refractivity contribution in [3.8, 4) is 0 Å². The zero-order valence-electron chi connectivity index (χ0n) is 10.5. The summed E-state index contributed by atoms with van der Waals surface area (Å²) in [6.07, 6.45) is 1.61. The Bertz CT molecular complexity index is 748. The molecule has 2 aromatic heterocycles. The molecular weight excluding hydrogens is 260 g/mol. The molecule has 0 aliphatic heterocycles. The van der Waals surface area contributed by atoms with Gasteiger partial charge >= 0.3 is 0 Å². The third-order valence-electron chi connectivity index (χ3n) is 3.17. The van der Waals surface area contributed by atoms with Crippen molar-refractivity contribution in [2.75, 3.05) is 5.73 Å². The smallest absolute Gasteiger partial charge is 0.202 e. The summed E-state index contributed by atoms with van der Waals surface area (Å²) < 4.78 is 1.90. The molecule has 19 heavy (non-hydrogen) atoms. The van der Waals surface area contributed by atoms with Gasteiger partial charge in [0.25, 0.3) is 0 Å². The van der Waals surface area contributed by atoms with E-state index in [1.165, 1.54) is 11.1 Å². The first-order chi connectivity index (χ1) is 9.15. The van der Waals surface area contributed by atoms with Crippen LogP contribution in [0.25, 0.3) is 11.2 Å². The topological polar surface area (TPSA) is 56.7 Å². The van der Waals surface area contributed by atoms with Crippen molar-refractivity contribution in [2.45, 2.75) is 13.5 Å². The molecule has 2 N–H and O–H groups in total. The molecule has 0 atom stereocenters. The van der Waals surface area contributed by atoms with Crippen LogP contribution in [0.5, 0.6) is 0 Å². The Labute approximate surface area is 115 Å². The van der Waals surface area contributed by atoms with E-state index in [0.717, 1.165) is 11.2 Å². The quantitative estimate of drug-likeness (QED) is 0.780. The molecule has 1 aromatic carbocycles. The van der Waals surface area contributed by atoms with Crippen LogP contribution in [0.15, 0.2) is 36.5 Å². The number of aromatic nitrogens is 3. The third kappa shape index (κ3) is 2.15. The average molecular weight is 273 g/mol. The van der Waals surface area contributed by atoms with Crippen molar-refractivity contribution in [3.05, 3.63) is 52.7 Å². The molecule has 0 aliphatic rings. The lowest BCUT2D eigenvalue weighted by atomic mass is 10.1. The first-order valence-corrected chi connectivity index (χ1v) is 6.35. The van der Waals surface area contributed by atoms with Gasteiger partial charge < -0.3 is 5.73 Å². The molecule has 2 heterocycles. The number of anilines is 1. The number of rotatable bonds is 2. The van der Waals surface area contributed by atoms with Crippen molar-refractivity contribution >= 4 is 28.7 Å². The predicted molar refractivity (Wildman–Crippen MR) is 77.2 cm³/mol. The van der Waals surface area contributed by atoms with Crippen LogP contribution in [0.2, 0.25) is 5.02 Å². The van der Waals surface area contributed by atoms with E-state index in [2.05, 4.69) is 29.0 Å². The normalized spacial score (nSPS) is 11.1. The molecule has 96 valence electrons. The number of halogens is 1. The highest BCUT2D eigenvalue weighted by Gasteiger charge is 2.11. The summed E-state index contributed by atoms with van der Waals surface area (Å²) in [6, 6.07) is 9.97. The van der Waals surface area contributed by atoms with Crippen LogP contribution in [0, 0.1) is 6.92 Å². The second kappa shape index (κ2) is 4.55. The minimum absolute atomic E-state index is 0.452. The Morgan fingerprint density at radius 3 is 2.89 bits per heavy atom. The summed E-state index contributed by atoms with van der Waals surface area (Å²) in [5, 5.41) is 0.563. The molecule has 0 radical (unpaired) electrons. The number of nitrogen functional groups attached to an aromatic ring is 1. The van der Waals surface area contributed by atoms with Crippen LogP contribution < -0.4 is 5.73 Å². The SMILES string of the molecule is Cc1ccccc1Cn1c(N)nc2cc(Cl)cnc21. The highest BCUT2D eigenvalue weighted by Crippen LogP contribution is 2.21. The maximum absolute atomic E-state index is 5.97. The molecule has 0 amide bonds. The molecule has 0 bridgehead atoms. The van der Waals surface area contributed by atoms with Crippen LogP contribution in [-0.4, -0.2) is 14.5 Å². The molecule has 0 saturated heterocycles. The van der Waals surface area contributed by atoms with E-state index in [1.807, 2.05) is 16.7 Å². The number of hydrogen-bond acceptors (Lipinski definition) is 3. The van der Waals surface area contributed by atoms with E-state index in [9.17, 15) is 0 Å². The molecule has 0 saturated carbocycles. The maximum Gasteiger partial charge on any atom is 0.202 e. The summed E-state index contributed by atoms with van der Waals surface area (Å²) in [5.74, 6) is 0.452. The summed E-state index contributed by atoms with van der Waals surface area (Å²) in [7, 11) is 0. The van der Waals surface area contributed by atoms with Gasteiger partial charge in [-0.25, -0.2) is 9.97 Å². The van der Waals surface area contributed by atoms with Crippen LogP contribution in [0.4, 0.5) is 5.95 Å². The molecule has 4 nitrogen and oxygen atoms in total. The minimum atomic E-state index is 0.452. The molecule has 0 fully saturated rings. The number of imidazole rings is 1. The van der Waals surface area contributed by atoms with Gasteiger partial charge in [0.2, 0.25) is 5.95 Å². The summed E-state index contributed by atoms with van der Waals surface area (Å²) >= 11 is 5.91. The van der Waals surface area contributed by atoms with Crippen molar-refractivity contribution < 1.29 is 0 Å². The first kappa shape index (κ1) is 12.0. The summed E-state index contributed by atoms with van der Waals surface area (Å²) in [4.78, 5) is 8.61. The molecule has 0 unspecified atom stereocenters. The van der Waals surface area contributed by atoms with Gasteiger partial charge in [0.15, 0.2) is 5.65 Å². The summed E-state index contributed by atoms with van der Waals surface area (Å²) in [5.41, 5.74) is 9.87. The second-order valence-electron chi connectivity index (χ2n) is 4.48. The Morgan fingerprint density at radius 2 is 2.11 bits per heavy atom. The fourth-order valence-corrected chi connectivity index (χ4v) is 2.27. The van der Waals surface area contributed by atoms with Gasteiger partial charge in [-0.3, -0.25) is 4.57 Å². The number of benzene rings is 1. The van der Waals surface area contributed by atoms with Crippen LogP contribution >= 0.6 is 11.6 Å². The fourth-order valence-electron chi connectivity index (χ4n) is 2.12. The number of nitrogens with two attached hydrogens (primary N) is 1.